The summed E-state index contributed by atoms with van der Waals surface area (Å²) in [5.74, 6) is 0.517. The molecule has 18 heavy (non-hydrogen) atoms. The summed E-state index contributed by atoms with van der Waals surface area (Å²) in [5, 5.41) is 13.5. The van der Waals surface area contributed by atoms with E-state index in [4.69, 9.17) is 11.6 Å². The van der Waals surface area contributed by atoms with Gasteiger partial charge >= 0.3 is 0 Å². The predicted molar refractivity (Wildman–Crippen MR) is 71.4 cm³/mol. The highest BCUT2D eigenvalue weighted by molar-refractivity contribution is 6.28. The number of aliphatic hydroxyl groups is 1. The fourth-order valence-corrected chi connectivity index (χ4v) is 1.75. The molecule has 1 aromatic carbocycles. The molecule has 0 aliphatic carbocycles. The lowest BCUT2D eigenvalue weighted by Crippen LogP contribution is -2.32. The Balaban J connectivity index is 2.30. The third kappa shape index (κ3) is 2.78. The van der Waals surface area contributed by atoms with Gasteiger partial charge in [-0.05, 0) is 25.4 Å². The first-order valence-corrected chi connectivity index (χ1v) is 5.92. The van der Waals surface area contributed by atoms with E-state index >= 15 is 0 Å². The molecule has 1 heterocycles. The Labute approximate surface area is 111 Å². The molecule has 0 amide bonds. The minimum Gasteiger partial charge on any atom is -0.367 e. The first-order chi connectivity index (χ1) is 8.49. The van der Waals surface area contributed by atoms with Crippen LogP contribution in [0.1, 0.15) is 18.1 Å². The number of nitrogens with one attached hydrogen (secondary N) is 1. The Morgan fingerprint density at radius 3 is 2.61 bits per heavy atom. The largest absolute Gasteiger partial charge is 0.367 e. The molecule has 0 aliphatic rings. The van der Waals surface area contributed by atoms with Gasteiger partial charge in [0.25, 0.3) is 0 Å². The minimum absolute atomic E-state index is 0.145. The highest BCUT2D eigenvalue weighted by atomic mass is 35.5. The quantitative estimate of drug-likeness (QED) is 0.660. The summed E-state index contributed by atoms with van der Waals surface area (Å²) in [6.45, 7) is 3.51. The van der Waals surface area contributed by atoms with E-state index in [9.17, 15) is 5.11 Å². The van der Waals surface area contributed by atoms with Gasteiger partial charge in [0.15, 0.2) is 5.72 Å². The standard InChI is InChI=1S/C13H14ClN3O/c1-9-8-15-12(14)16-11(9)17-13(2,18)10-6-4-3-5-7-10/h3-8,18H,1-2H3,(H,15,16,17)/t13-/m0/s1. The molecule has 2 rings (SSSR count). The molecule has 0 fully saturated rings. The number of aryl methyl sites for hydroxylation is 1. The second-order valence-electron chi connectivity index (χ2n) is 4.23. The summed E-state index contributed by atoms with van der Waals surface area (Å²) < 4.78 is 0. The number of aromatic nitrogens is 2. The van der Waals surface area contributed by atoms with Crippen molar-refractivity contribution in [3.63, 3.8) is 0 Å². The Kier molecular flexibility index (Phi) is 3.50. The first-order valence-electron chi connectivity index (χ1n) is 5.54. The maximum absolute atomic E-state index is 10.4. The molecule has 0 bridgehead atoms. The van der Waals surface area contributed by atoms with Gasteiger partial charge in [0, 0.05) is 17.3 Å². The molecule has 0 unspecified atom stereocenters. The summed E-state index contributed by atoms with van der Waals surface area (Å²) in [5.41, 5.74) is 0.346. The molecular weight excluding hydrogens is 250 g/mol. The zero-order chi connectivity index (χ0) is 13.2. The van der Waals surface area contributed by atoms with Crippen molar-refractivity contribution in [2.45, 2.75) is 19.6 Å². The van der Waals surface area contributed by atoms with Gasteiger partial charge in [0.1, 0.15) is 5.82 Å². The number of rotatable bonds is 3. The van der Waals surface area contributed by atoms with Crippen LogP contribution in [-0.4, -0.2) is 15.1 Å². The van der Waals surface area contributed by atoms with Crippen LogP contribution in [-0.2, 0) is 5.72 Å². The fourth-order valence-electron chi connectivity index (χ4n) is 1.61. The molecule has 0 saturated carbocycles. The molecule has 0 aliphatic heterocycles. The summed E-state index contributed by atoms with van der Waals surface area (Å²) in [6, 6.07) is 9.30. The summed E-state index contributed by atoms with van der Waals surface area (Å²) in [6.07, 6.45) is 1.61. The molecule has 0 radical (unpaired) electrons. The highest BCUT2D eigenvalue weighted by Crippen LogP contribution is 2.24. The van der Waals surface area contributed by atoms with Gasteiger partial charge in [-0.25, -0.2) is 9.97 Å². The fraction of sp³-hybridized carbons (Fsp3) is 0.231. The van der Waals surface area contributed by atoms with Crippen molar-refractivity contribution in [1.29, 1.82) is 0 Å². The number of anilines is 1. The number of hydrogen-bond acceptors (Lipinski definition) is 4. The van der Waals surface area contributed by atoms with Crippen LogP contribution in [0, 0.1) is 6.92 Å². The normalized spacial score (nSPS) is 14.0. The van der Waals surface area contributed by atoms with E-state index in [0.29, 0.717) is 5.82 Å². The minimum atomic E-state index is -1.22. The lowest BCUT2D eigenvalue weighted by Gasteiger charge is -2.26. The van der Waals surface area contributed by atoms with Crippen LogP contribution in [0.2, 0.25) is 5.28 Å². The summed E-state index contributed by atoms with van der Waals surface area (Å²) in [4.78, 5) is 7.94. The van der Waals surface area contributed by atoms with Crippen molar-refractivity contribution in [3.05, 3.63) is 52.9 Å². The van der Waals surface area contributed by atoms with Crippen LogP contribution in [0.3, 0.4) is 0 Å². The topological polar surface area (TPSA) is 58.0 Å². The van der Waals surface area contributed by atoms with Crippen LogP contribution in [0.5, 0.6) is 0 Å². The maximum atomic E-state index is 10.4. The van der Waals surface area contributed by atoms with Gasteiger partial charge in [-0.3, -0.25) is 0 Å². The Morgan fingerprint density at radius 2 is 1.94 bits per heavy atom. The molecule has 0 saturated heterocycles. The molecular formula is C13H14ClN3O. The first kappa shape index (κ1) is 12.8. The average Bonchev–Trinajstić information content (AvgIpc) is 2.35. The van der Waals surface area contributed by atoms with Crippen molar-refractivity contribution in [2.24, 2.45) is 0 Å². The van der Waals surface area contributed by atoms with Crippen molar-refractivity contribution >= 4 is 17.4 Å². The van der Waals surface area contributed by atoms with Gasteiger partial charge in [-0.1, -0.05) is 30.3 Å². The average molecular weight is 264 g/mol. The lowest BCUT2D eigenvalue weighted by atomic mass is 10.0. The number of benzene rings is 1. The number of nitrogens with zero attached hydrogens (tertiary/aromatic N) is 2. The summed E-state index contributed by atoms with van der Waals surface area (Å²) in [7, 11) is 0. The molecule has 0 spiro atoms. The third-order valence-electron chi connectivity index (χ3n) is 2.64. The smallest absolute Gasteiger partial charge is 0.224 e. The third-order valence-corrected chi connectivity index (χ3v) is 2.82. The van der Waals surface area contributed by atoms with Gasteiger partial charge in [-0.2, -0.15) is 0 Å². The second kappa shape index (κ2) is 4.92. The number of halogens is 1. The van der Waals surface area contributed by atoms with Crippen LogP contribution in [0.25, 0.3) is 0 Å². The second-order valence-corrected chi connectivity index (χ2v) is 4.57. The van der Waals surface area contributed by atoms with Crippen molar-refractivity contribution in [2.75, 3.05) is 5.32 Å². The lowest BCUT2D eigenvalue weighted by molar-refractivity contribution is 0.0882. The molecule has 2 N–H and O–H groups in total. The van der Waals surface area contributed by atoms with E-state index in [1.54, 1.807) is 13.1 Å². The Hall–Kier alpha value is -1.65. The molecule has 94 valence electrons. The highest BCUT2D eigenvalue weighted by Gasteiger charge is 2.23. The molecule has 2 aromatic rings. The van der Waals surface area contributed by atoms with Crippen molar-refractivity contribution in [1.82, 2.24) is 9.97 Å². The zero-order valence-electron chi connectivity index (χ0n) is 10.2. The van der Waals surface area contributed by atoms with Gasteiger partial charge in [-0.15, -0.1) is 0 Å². The van der Waals surface area contributed by atoms with Crippen molar-refractivity contribution in [3.8, 4) is 0 Å². The van der Waals surface area contributed by atoms with Crippen LogP contribution in [0.4, 0.5) is 5.82 Å². The van der Waals surface area contributed by atoms with E-state index in [-0.39, 0.29) is 5.28 Å². The van der Waals surface area contributed by atoms with Gasteiger partial charge in [0.05, 0.1) is 0 Å². The molecule has 5 heteroatoms. The molecule has 4 nitrogen and oxygen atoms in total. The van der Waals surface area contributed by atoms with Crippen LogP contribution in [0.15, 0.2) is 36.5 Å². The Morgan fingerprint density at radius 1 is 1.28 bits per heavy atom. The van der Waals surface area contributed by atoms with E-state index < -0.39 is 5.72 Å². The molecule has 1 aromatic heterocycles. The maximum Gasteiger partial charge on any atom is 0.224 e. The monoisotopic (exact) mass is 263 g/mol. The van der Waals surface area contributed by atoms with Crippen LogP contribution < -0.4 is 5.32 Å². The number of hydrogen-bond donors (Lipinski definition) is 2. The van der Waals surface area contributed by atoms with Gasteiger partial charge < -0.3 is 10.4 Å². The SMILES string of the molecule is Cc1cnc(Cl)nc1N[C@@](C)(O)c1ccccc1. The van der Waals surface area contributed by atoms with E-state index in [0.717, 1.165) is 11.1 Å². The van der Waals surface area contributed by atoms with E-state index in [1.807, 2.05) is 37.3 Å². The predicted octanol–water partition coefficient (Wildman–Crippen LogP) is 2.72. The van der Waals surface area contributed by atoms with Gasteiger partial charge in [0.2, 0.25) is 5.28 Å². The summed E-state index contributed by atoms with van der Waals surface area (Å²) >= 11 is 5.75. The Bertz CT molecular complexity index is 543. The molecule has 1 atom stereocenters. The van der Waals surface area contributed by atoms with Crippen LogP contribution >= 0.6 is 11.6 Å². The van der Waals surface area contributed by atoms with E-state index in [1.165, 1.54) is 0 Å². The van der Waals surface area contributed by atoms with E-state index in [2.05, 4.69) is 15.3 Å². The zero-order valence-corrected chi connectivity index (χ0v) is 10.9. The van der Waals surface area contributed by atoms with Crippen molar-refractivity contribution < 1.29 is 5.11 Å².